The minimum atomic E-state index is -5.20. The molecule has 0 aliphatic carbocycles. The van der Waals surface area contributed by atoms with Crippen LogP contribution in [0.4, 0.5) is 12.9 Å². The van der Waals surface area contributed by atoms with Crippen molar-refractivity contribution in [3.05, 3.63) is 35.9 Å². The molecule has 0 heterocycles. The molecule has 1 aromatic carbocycles. The molecule has 0 aliphatic heterocycles. The number of rotatable bonds is 4. The molecule has 6 heteroatoms. The van der Waals surface area contributed by atoms with Crippen LogP contribution < -0.4 is 0 Å². The highest BCUT2D eigenvalue weighted by Gasteiger charge is 2.48. The van der Waals surface area contributed by atoms with Crippen LogP contribution in [0.3, 0.4) is 0 Å². The van der Waals surface area contributed by atoms with Crippen LogP contribution in [0.1, 0.15) is 18.9 Å². The molecule has 0 unspecified atom stereocenters. The summed E-state index contributed by atoms with van der Waals surface area (Å²) in [5, 5.41) is -2.16. The molecule has 0 saturated heterocycles. The Morgan fingerprint density at radius 1 is 1.29 bits per heavy atom. The third-order valence-corrected chi connectivity index (χ3v) is 2.89. The topological polar surface area (TPSA) is 26.3 Å². The van der Waals surface area contributed by atoms with Crippen LogP contribution in [0.2, 0.25) is 0 Å². The van der Waals surface area contributed by atoms with Gasteiger partial charge in [0, 0.05) is 6.42 Å². The van der Waals surface area contributed by atoms with Crippen LogP contribution in [0.25, 0.3) is 0 Å². The Labute approximate surface area is 97.8 Å². The van der Waals surface area contributed by atoms with Gasteiger partial charge in [0.15, 0.2) is 0 Å². The van der Waals surface area contributed by atoms with Crippen LogP contribution in [-0.4, -0.2) is 20.1 Å². The summed E-state index contributed by atoms with van der Waals surface area (Å²) in [5.74, 6) is -0.865. The Morgan fingerprint density at radius 3 is 2.24 bits per heavy atom. The van der Waals surface area contributed by atoms with Crippen molar-refractivity contribution < 1.29 is 22.5 Å². The molecule has 0 aliphatic rings. The molecular formula is C11H13BF3O2-. The summed E-state index contributed by atoms with van der Waals surface area (Å²) >= 11 is 0. The number of halogens is 3. The zero-order valence-corrected chi connectivity index (χ0v) is 9.62. The Morgan fingerprint density at radius 2 is 1.82 bits per heavy atom. The van der Waals surface area contributed by atoms with Gasteiger partial charge in [-0.15, -0.1) is 0 Å². The first kappa shape index (κ1) is 13.6. The minimum absolute atomic E-state index is 0.0814. The standard InChI is InChI=1S/C11H13BF3O2/c1-11(12(13,14)15,8-10(16)17-2)9-6-4-3-5-7-9/h3-7H,8H2,1-2H3/q-1/t11-/m1/s1. The van der Waals surface area contributed by atoms with Gasteiger partial charge >= 0.3 is 12.9 Å². The Bertz CT molecular complexity index is 391. The van der Waals surface area contributed by atoms with E-state index in [-0.39, 0.29) is 5.56 Å². The fourth-order valence-electron chi connectivity index (χ4n) is 1.60. The molecule has 0 spiro atoms. The van der Waals surface area contributed by atoms with Gasteiger partial charge in [0.2, 0.25) is 0 Å². The number of methoxy groups -OCH3 is 1. The molecule has 2 nitrogen and oxygen atoms in total. The molecule has 94 valence electrons. The molecule has 0 bridgehead atoms. The SMILES string of the molecule is COC(=O)C[C@](C)(c1ccccc1)[B-](F)(F)F. The van der Waals surface area contributed by atoms with Crippen LogP contribution in [0, 0.1) is 0 Å². The van der Waals surface area contributed by atoms with Gasteiger partial charge < -0.3 is 17.7 Å². The summed E-state index contributed by atoms with van der Waals surface area (Å²) in [6.45, 7) is -4.17. The van der Waals surface area contributed by atoms with E-state index in [0.717, 1.165) is 14.0 Å². The van der Waals surface area contributed by atoms with Crippen LogP contribution in [0.5, 0.6) is 0 Å². The fraction of sp³-hybridized carbons (Fsp3) is 0.364. The molecule has 0 amide bonds. The van der Waals surface area contributed by atoms with Gasteiger partial charge in [-0.2, -0.15) is 0 Å². The number of carbonyl (C=O) groups excluding carboxylic acids is 1. The van der Waals surface area contributed by atoms with E-state index in [0.29, 0.717) is 0 Å². The lowest BCUT2D eigenvalue weighted by molar-refractivity contribution is -0.141. The van der Waals surface area contributed by atoms with E-state index in [2.05, 4.69) is 4.74 Å². The maximum atomic E-state index is 13.1. The highest BCUT2D eigenvalue weighted by Crippen LogP contribution is 2.40. The van der Waals surface area contributed by atoms with Gasteiger partial charge in [0.05, 0.1) is 7.11 Å². The van der Waals surface area contributed by atoms with Crippen molar-refractivity contribution >= 4 is 12.9 Å². The predicted molar refractivity (Wildman–Crippen MR) is 59.5 cm³/mol. The van der Waals surface area contributed by atoms with Gasteiger partial charge in [-0.05, 0) is 5.31 Å². The third kappa shape index (κ3) is 2.81. The molecule has 1 rings (SSSR count). The molecular weight excluding hydrogens is 232 g/mol. The molecule has 17 heavy (non-hydrogen) atoms. The van der Waals surface area contributed by atoms with E-state index >= 15 is 0 Å². The molecule has 0 aromatic heterocycles. The van der Waals surface area contributed by atoms with Crippen LogP contribution >= 0.6 is 0 Å². The van der Waals surface area contributed by atoms with E-state index in [1.807, 2.05) is 0 Å². The number of ether oxygens (including phenoxy) is 1. The van der Waals surface area contributed by atoms with Crippen molar-refractivity contribution in [2.45, 2.75) is 18.7 Å². The molecule has 1 aromatic rings. The lowest BCUT2D eigenvalue weighted by Crippen LogP contribution is -2.46. The number of hydrogen-bond acceptors (Lipinski definition) is 2. The van der Waals surface area contributed by atoms with Gasteiger partial charge in [-0.25, -0.2) is 0 Å². The van der Waals surface area contributed by atoms with E-state index in [1.165, 1.54) is 24.3 Å². The van der Waals surface area contributed by atoms with Crippen molar-refractivity contribution in [2.75, 3.05) is 7.11 Å². The predicted octanol–water partition coefficient (Wildman–Crippen LogP) is 2.89. The van der Waals surface area contributed by atoms with Gasteiger partial charge in [-0.1, -0.05) is 42.8 Å². The van der Waals surface area contributed by atoms with Crippen molar-refractivity contribution in [3.8, 4) is 0 Å². The average molecular weight is 245 g/mol. The lowest BCUT2D eigenvalue weighted by Gasteiger charge is -2.38. The van der Waals surface area contributed by atoms with Gasteiger partial charge in [0.25, 0.3) is 0 Å². The van der Waals surface area contributed by atoms with E-state index in [1.54, 1.807) is 6.07 Å². The zero-order chi connectivity index (χ0) is 13.1. The Hall–Kier alpha value is -1.46. The molecule has 1 atom stereocenters. The van der Waals surface area contributed by atoms with E-state index < -0.39 is 24.7 Å². The quantitative estimate of drug-likeness (QED) is 0.602. The molecule has 0 saturated carbocycles. The largest absolute Gasteiger partial charge is 0.489 e. The highest BCUT2D eigenvalue weighted by molar-refractivity contribution is 6.62. The molecule has 0 fully saturated rings. The average Bonchev–Trinajstić information content (AvgIpc) is 2.28. The Balaban J connectivity index is 3.16. The zero-order valence-electron chi connectivity index (χ0n) is 9.62. The van der Waals surface area contributed by atoms with Crippen LogP contribution in [0.15, 0.2) is 30.3 Å². The second-order valence-electron chi connectivity index (χ2n) is 4.11. The van der Waals surface area contributed by atoms with E-state index in [4.69, 9.17) is 0 Å². The van der Waals surface area contributed by atoms with Crippen molar-refractivity contribution in [1.82, 2.24) is 0 Å². The summed E-state index contributed by atoms with van der Waals surface area (Å²) in [5.41, 5.74) is 0.0814. The first-order valence-electron chi connectivity index (χ1n) is 5.13. The normalized spacial score (nSPS) is 15.1. The molecule has 0 radical (unpaired) electrons. The maximum absolute atomic E-state index is 13.1. The molecule has 0 N–H and O–H groups in total. The fourth-order valence-corrected chi connectivity index (χ4v) is 1.60. The van der Waals surface area contributed by atoms with Crippen molar-refractivity contribution in [1.29, 1.82) is 0 Å². The van der Waals surface area contributed by atoms with E-state index in [9.17, 15) is 17.7 Å². The summed E-state index contributed by atoms with van der Waals surface area (Å²) < 4.78 is 43.8. The summed E-state index contributed by atoms with van der Waals surface area (Å²) in [4.78, 5) is 11.1. The minimum Gasteiger partial charge on any atom is -0.469 e. The number of hydrogen-bond donors (Lipinski definition) is 0. The van der Waals surface area contributed by atoms with Crippen LogP contribution in [-0.2, 0) is 14.8 Å². The monoisotopic (exact) mass is 245 g/mol. The number of benzene rings is 1. The first-order chi connectivity index (χ1) is 7.81. The highest BCUT2D eigenvalue weighted by atomic mass is 19.4. The smallest absolute Gasteiger partial charge is 0.469 e. The number of esters is 1. The van der Waals surface area contributed by atoms with Gasteiger partial charge in [-0.3, -0.25) is 4.79 Å². The number of carbonyl (C=O) groups is 1. The second-order valence-corrected chi connectivity index (χ2v) is 4.11. The first-order valence-corrected chi connectivity index (χ1v) is 5.13. The lowest BCUT2D eigenvalue weighted by atomic mass is 9.54. The van der Waals surface area contributed by atoms with Gasteiger partial charge in [0.1, 0.15) is 0 Å². The Kier molecular flexibility index (Phi) is 3.85. The maximum Gasteiger partial charge on any atom is 0.489 e. The van der Waals surface area contributed by atoms with Crippen molar-refractivity contribution in [2.24, 2.45) is 0 Å². The second kappa shape index (κ2) is 4.81. The van der Waals surface area contributed by atoms with Crippen molar-refractivity contribution in [3.63, 3.8) is 0 Å². The third-order valence-electron chi connectivity index (χ3n) is 2.89. The summed E-state index contributed by atoms with van der Waals surface area (Å²) in [6.07, 6.45) is -0.697. The summed E-state index contributed by atoms with van der Waals surface area (Å²) in [6, 6.07) is 7.42. The summed E-state index contributed by atoms with van der Waals surface area (Å²) in [7, 11) is 1.08.